The SMILES string of the molecule is CC.ON1C=C(C2CCNCC2)C(Cc2cc(F)c3ccccc3c2)N1. The fraction of sp³-hybridized carbons (Fsp3) is 0.429. The topological polar surface area (TPSA) is 47.5 Å². The van der Waals surface area contributed by atoms with Crippen LogP contribution in [0, 0.1) is 11.7 Å². The maximum absolute atomic E-state index is 14.3. The van der Waals surface area contributed by atoms with Crippen LogP contribution in [0.1, 0.15) is 32.3 Å². The Labute approximate surface area is 154 Å². The molecule has 3 N–H and O–H groups in total. The molecular weight excluding hydrogens is 329 g/mol. The molecule has 0 bridgehead atoms. The Bertz CT molecular complexity index is 771. The van der Waals surface area contributed by atoms with Crippen molar-refractivity contribution in [3.63, 3.8) is 0 Å². The second-order valence-electron chi connectivity index (χ2n) is 6.68. The first-order valence-electron chi connectivity index (χ1n) is 9.54. The van der Waals surface area contributed by atoms with E-state index in [0.29, 0.717) is 17.7 Å². The summed E-state index contributed by atoms with van der Waals surface area (Å²) in [5, 5.41) is 15.9. The van der Waals surface area contributed by atoms with Gasteiger partial charge in [0.2, 0.25) is 0 Å². The minimum absolute atomic E-state index is 0.0127. The van der Waals surface area contributed by atoms with Gasteiger partial charge >= 0.3 is 0 Å². The van der Waals surface area contributed by atoms with Gasteiger partial charge in [-0.25, -0.2) is 9.82 Å². The first kappa shape index (κ1) is 18.8. The van der Waals surface area contributed by atoms with Crippen LogP contribution in [0.2, 0.25) is 0 Å². The lowest BCUT2D eigenvalue weighted by Crippen LogP contribution is -2.38. The second-order valence-corrected chi connectivity index (χ2v) is 6.68. The van der Waals surface area contributed by atoms with Gasteiger partial charge in [-0.1, -0.05) is 44.2 Å². The average molecular weight is 357 g/mol. The predicted octanol–water partition coefficient (Wildman–Crippen LogP) is 4.01. The van der Waals surface area contributed by atoms with Crippen molar-refractivity contribution in [1.29, 1.82) is 0 Å². The molecule has 2 aromatic carbocycles. The lowest BCUT2D eigenvalue weighted by molar-refractivity contribution is -0.0839. The third-order valence-corrected chi connectivity index (χ3v) is 5.08. The molecular formula is C21H28FN3O. The molecule has 2 heterocycles. The normalized spacial score (nSPS) is 20.7. The molecule has 0 aromatic heterocycles. The molecule has 1 saturated heterocycles. The van der Waals surface area contributed by atoms with Gasteiger partial charge in [-0.3, -0.25) is 5.21 Å². The van der Waals surface area contributed by atoms with Crippen LogP contribution in [0.15, 0.2) is 48.2 Å². The number of fused-ring (bicyclic) bond motifs is 1. The Hall–Kier alpha value is -1.95. The first-order valence-corrected chi connectivity index (χ1v) is 9.54. The molecule has 2 aromatic rings. The molecule has 4 nitrogen and oxygen atoms in total. The second kappa shape index (κ2) is 8.62. The summed E-state index contributed by atoms with van der Waals surface area (Å²) < 4.78 is 14.3. The number of hydrazine groups is 1. The summed E-state index contributed by atoms with van der Waals surface area (Å²) >= 11 is 0. The fourth-order valence-electron chi connectivity index (χ4n) is 3.89. The number of hydrogen-bond acceptors (Lipinski definition) is 4. The van der Waals surface area contributed by atoms with Crippen LogP contribution in [0.25, 0.3) is 10.8 Å². The highest BCUT2D eigenvalue weighted by atomic mass is 19.1. The molecule has 26 heavy (non-hydrogen) atoms. The van der Waals surface area contributed by atoms with Crippen molar-refractivity contribution in [2.24, 2.45) is 5.92 Å². The number of piperidine rings is 1. The Balaban J connectivity index is 0.000000948. The van der Waals surface area contributed by atoms with Crippen LogP contribution in [0.3, 0.4) is 0 Å². The van der Waals surface area contributed by atoms with Gasteiger partial charge in [-0.15, -0.1) is 0 Å². The van der Waals surface area contributed by atoms with E-state index in [-0.39, 0.29) is 11.9 Å². The van der Waals surface area contributed by atoms with Crippen molar-refractivity contribution in [1.82, 2.24) is 15.9 Å². The van der Waals surface area contributed by atoms with Gasteiger partial charge in [0.25, 0.3) is 0 Å². The molecule has 2 aliphatic rings. The van der Waals surface area contributed by atoms with E-state index in [9.17, 15) is 9.60 Å². The summed E-state index contributed by atoms with van der Waals surface area (Å²) in [4.78, 5) is 0. The Morgan fingerprint density at radius 2 is 1.88 bits per heavy atom. The number of hydrogen-bond donors (Lipinski definition) is 3. The van der Waals surface area contributed by atoms with Crippen LogP contribution in [-0.2, 0) is 6.42 Å². The summed E-state index contributed by atoms with van der Waals surface area (Å²) in [6.45, 7) is 6.01. The zero-order valence-corrected chi connectivity index (χ0v) is 15.5. The fourth-order valence-corrected chi connectivity index (χ4v) is 3.89. The standard InChI is InChI=1S/C19H22FN3O.C2H6/c20-18-10-13(9-15-3-1-2-4-16(15)18)11-19-17(12-23(24)22-19)14-5-7-21-8-6-14;1-2/h1-4,9-10,12,14,19,21-22,24H,5-8,11H2;1-2H3. The van der Waals surface area contributed by atoms with Crippen molar-refractivity contribution in [3.05, 3.63) is 59.6 Å². The molecule has 0 radical (unpaired) electrons. The quantitative estimate of drug-likeness (QED) is 0.777. The molecule has 5 heteroatoms. The van der Waals surface area contributed by atoms with Gasteiger partial charge in [-0.2, -0.15) is 5.17 Å². The van der Waals surface area contributed by atoms with Crippen LogP contribution >= 0.6 is 0 Å². The van der Waals surface area contributed by atoms with Gasteiger partial charge in [0.05, 0.1) is 6.04 Å². The number of rotatable bonds is 3. The van der Waals surface area contributed by atoms with Crippen molar-refractivity contribution < 1.29 is 9.60 Å². The zero-order valence-electron chi connectivity index (χ0n) is 15.5. The van der Waals surface area contributed by atoms with Crippen LogP contribution < -0.4 is 10.7 Å². The van der Waals surface area contributed by atoms with E-state index in [1.807, 2.05) is 38.1 Å². The van der Waals surface area contributed by atoms with Gasteiger partial charge in [-0.05, 0) is 60.9 Å². The summed E-state index contributed by atoms with van der Waals surface area (Å²) in [7, 11) is 0. The highest BCUT2D eigenvalue weighted by Crippen LogP contribution is 2.30. The third-order valence-electron chi connectivity index (χ3n) is 5.08. The average Bonchev–Trinajstić information content (AvgIpc) is 3.04. The van der Waals surface area contributed by atoms with E-state index < -0.39 is 0 Å². The number of hydroxylamine groups is 1. The summed E-state index contributed by atoms with van der Waals surface area (Å²) in [6.07, 6.45) is 4.60. The first-order chi connectivity index (χ1) is 12.7. The molecule has 1 atom stereocenters. The lowest BCUT2D eigenvalue weighted by Gasteiger charge is -2.27. The van der Waals surface area contributed by atoms with Crippen molar-refractivity contribution >= 4 is 10.8 Å². The summed E-state index contributed by atoms with van der Waals surface area (Å²) in [5.74, 6) is 0.278. The number of benzene rings is 2. The molecule has 0 spiro atoms. The number of halogens is 1. The van der Waals surface area contributed by atoms with Gasteiger partial charge in [0, 0.05) is 11.6 Å². The van der Waals surface area contributed by atoms with E-state index in [4.69, 9.17) is 0 Å². The van der Waals surface area contributed by atoms with E-state index in [1.54, 1.807) is 18.3 Å². The lowest BCUT2D eigenvalue weighted by atomic mass is 9.84. The Morgan fingerprint density at radius 1 is 1.15 bits per heavy atom. The Morgan fingerprint density at radius 3 is 2.65 bits per heavy atom. The monoisotopic (exact) mass is 357 g/mol. The molecule has 1 fully saturated rings. The van der Waals surface area contributed by atoms with E-state index in [2.05, 4.69) is 10.7 Å². The molecule has 1 unspecified atom stereocenters. The molecule has 140 valence electrons. The van der Waals surface area contributed by atoms with Gasteiger partial charge < -0.3 is 5.32 Å². The molecule has 0 amide bonds. The van der Waals surface area contributed by atoms with Gasteiger partial charge in [0.15, 0.2) is 0 Å². The number of nitrogens with zero attached hydrogens (tertiary/aromatic N) is 1. The van der Waals surface area contributed by atoms with E-state index in [1.165, 1.54) is 5.57 Å². The number of nitrogens with one attached hydrogen (secondary N) is 2. The Kier molecular flexibility index (Phi) is 6.25. The van der Waals surface area contributed by atoms with E-state index in [0.717, 1.165) is 42.1 Å². The zero-order chi connectivity index (χ0) is 18.5. The molecule has 0 saturated carbocycles. The largest absolute Gasteiger partial charge is 0.317 e. The summed E-state index contributed by atoms with van der Waals surface area (Å²) in [6, 6.07) is 11.2. The molecule has 0 aliphatic carbocycles. The smallest absolute Gasteiger partial charge is 0.131 e. The maximum atomic E-state index is 14.3. The third kappa shape index (κ3) is 4.06. The predicted molar refractivity (Wildman–Crippen MR) is 103 cm³/mol. The van der Waals surface area contributed by atoms with Crippen LogP contribution in [-0.4, -0.2) is 29.5 Å². The highest BCUT2D eigenvalue weighted by Gasteiger charge is 2.30. The van der Waals surface area contributed by atoms with Crippen LogP contribution in [0.4, 0.5) is 4.39 Å². The molecule has 2 aliphatic heterocycles. The van der Waals surface area contributed by atoms with E-state index >= 15 is 0 Å². The molecule has 4 rings (SSSR count). The van der Waals surface area contributed by atoms with Gasteiger partial charge in [0.1, 0.15) is 5.82 Å². The maximum Gasteiger partial charge on any atom is 0.131 e. The summed E-state index contributed by atoms with van der Waals surface area (Å²) in [5.41, 5.74) is 5.23. The minimum Gasteiger partial charge on any atom is -0.317 e. The van der Waals surface area contributed by atoms with Crippen molar-refractivity contribution in [3.8, 4) is 0 Å². The van der Waals surface area contributed by atoms with Crippen molar-refractivity contribution in [2.45, 2.75) is 39.2 Å². The highest BCUT2D eigenvalue weighted by molar-refractivity contribution is 5.83. The van der Waals surface area contributed by atoms with Crippen LogP contribution in [0.5, 0.6) is 0 Å². The van der Waals surface area contributed by atoms with Crippen molar-refractivity contribution in [2.75, 3.05) is 13.1 Å². The minimum atomic E-state index is -0.186.